The summed E-state index contributed by atoms with van der Waals surface area (Å²) in [5.41, 5.74) is 1.61. The quantitative estimate of drug-likeness (QED) is 0.0152. The number of esters is 2. The van der Waals surface area contributed by atoms with Gasteiger partial charge >= 0.3 is 23.9 Å². The lowest BCUT2D eigenvalue weighted by Gasteiger charge is -2.22. The third-order valence-corrected chi connectivity index (χ3v) is 21.8. The number of carbonyl (C=O) groups is 18. The Hall–Kier alpha value is -12.5. The molecule has 10 rings (SSSR count). The van der Waals surface area contributed by atoms with Gasteiger partial charge in [-0.3, -0.25) is 101 Å². The Morgan fingerprint density at radius 1 is 0.356 bits per heavy atom. The molecule has 0 aromatic heterocycles. The molecule has 0 saturated carbocycles. The number of amides is 13. The molecule has 4 atom stereocenters. The van der Waals surface area contributed by atoms with Crippen LogP contribution in [0.1, 0.15) is 282 Å². The number of imide groups is 6. The van der Waals surface area contributed by atoms with Gasteiger partial charge in [0, 0.05) is 132 Å². The predicted molar refractivity (Wildman–Crippen MR) is 516 cm³/mol. The van der Waals surface area contributed by atoms with E-state index in [2.05, 4.69) is 51.9 Å². The second-order valence-electron chi connectivity index (χ2n) is 37.7. The smallest absolute Gasteiger partial charge is 0.335 e. The van der Waals surface area contributed by atoms with Crippen LogP contribution in [0.5, 0.6) is 11.5 Å². The molecule has 8 aliphatic rings. The monoisotopic (exact) mass is 2100 g/mol. The summed E-state index contributed by atoms with van der Waals surface area (Å²) < 4.78 is 149. The number of rotatable bonds is 19. The highest BCUT2D eigenvalue weighted by Crippen LogP contribution is 2.35. The summed E-state index contributed by atoms with van der Waals surface area (Å²) in [5.74, 6) is -24.0. The molecule has 2 aromatic rings. The first-order valence-corrected chi connectivity index (χ1v) is 48.5. The van der Waals surface area contributed by atoms with Crippen LogP contribution in [0.25, 0.3) is 0 Å². The van der Waals surface area contributed by atoms with Crippen LogP contribution >= 0.6 is 0 Å². The first-order valence-electron chi connectivity index (χ1n) is 47.0. The highest BCUT2D eigenvalue weighted by atomic mass is 32.2. The maximum atomic E-state index is 13.4. The summed E-state index contributed by atoms with van der Waals surface area (Å²) >= 11 is 0. The first-order chi connectivity index (χ1) is 66.8. The molecule has 820 valence electrons. The molecular weight excluding hydrogens is 1960 g/mol. The number of hydrogen-bond acceptors (Lipinski definition) is 28. The van der Waals surface area contributed by atoms with E-state index < -0.39 is 132 Å². The van der Waals surface area contributed by atoms with Crippen LogP contribution in [-0.4, -0.2) is 202 Å². The van der Waals surface area contributed by atoms with Crippen molar-refractivity contribution in [3.05, 3.63) is 119 Å². The second kappa shape index (κ2) is 61.9. The van der Waals surface area contributed by atoms with E-state index in [4.69, 9.17) is 24.5 Å². The molecule has 2 N–H and O–H groups in total. The molecule has 8 heterocycles. The van der Waals surface area contributed by atoms with E-state index in [1.807, 2.05) is 55.4 Å². The van der Waals surface area contributed by atoms with Crippen LogP contribution in [0.3, 0.4) is 0 Å². The topological polar surface area (TPSA) is 476 Å². The molecule has 0 radical (unpaired) electrons. The maximum absolute atomic E-state index is 13.4. The molecular formula is C100H145F8N9O28S. The predicted octanol–water partition coefficient (Wildman–Crippen LogP) is 16.4. The highest BCUT2D eigenvalue weighted by molar-refractivity contribution is 7.86. The van der Waals surface area contributed by atoms with Gasteiger partial charge in [0.05, 0.1) is 55.1 Å². The zero-order valence-electron chi connectivity index (χ0n) is 89.2. The molecule has 8 fully saturated rings. The number of ketones is 1. The Balaban J connectivity index is 0. The molecule has 8 aliphatic heterocycles. The third kappa shape index (κ3) is 41.8. The van der Waals surface area contributed by atoms with E-state index in [0.29, 0.717) is 60.9 Å². The molecule has 13 amide bonds. The van der Waals surface area contributed by atoms with E-state index in [0.717, 1.165) is 53.1 Å². The Kier molecular flexibility index (Phi) is 57.4. The average molecular weight is 2110 g/mol. The number of Topliss-reactive ketones (excluding diaryl/α,β-unsaturated/α-hetero) is 1. The number of halogens is 8. The van der Waals surface area contributed by atoms with Crippen molar-refractivity contribution in [3.8, 4) is 11.5 Å². The molecule has 146 heavy (non-hydrogen) atoms. The van der Waals surface area contributed by atoms with Gasteiger partial charge in [0.25, 0.3) is 45.6 Å². The fourth-order valence-electron chi connectivity index (χ4n) is 11.7. The summed E-state index contributed by atoms with van der Waals surface area (Å²) in [6.45, 7) is 68.6. The number of benzene rings is 2. The van der Waals surface area contributed by atoms with Gasteiger partial charge in [-0.1, -0.05) is 164 Å². The van der Waals surface area contributed by atoms with Crippen LogP contribution in [0.15, 0.2) is 61.4 Å². The molecule has 37 nitrogen and oxygen atoms in total. The number of carbonyl (C=O) groups excluding carboxylic acids is 18. The fraction of sp³-hybridized carbons (Fsp3) is 0.590. The van der Waals surface area contributed by atoms with E-state index in [-0.39, 0.29) is 180 Å². The van der Waals surface area contributed by atoms with Gasteiger partial charge < -0.3 is 33.7 Å². The van der Waals surface area contributed by atoms with Crippen molar-refractivity contribution in [2.45, 2.75) is 314 Å². The number of methoxy groups -OCH3 is 1. The number of hydrogen-bond donors (Lipinski definition) is 2. The number of allylic oxidation sites excluding steroid dienone is 4. The number of nitrogens with one attached hydrogen (secondary N) is 1. The molecule has 2 aromatic carbocycles. The number of hydroxylamine groups is 8. The minimum Gasteiger partial charge on any atom is -0.484 e. The van der Waals surface area contributed by atoms with Gasteiger partial charge in [-0.25, -0.2) is 40.8 Å². The van der Waals surface area contributed by atoms with Crippen LogP contribution in [0.4, 0.5) is 35.1 Å². The van der Waals surface area contributed by atoms with E-state index in [9.17, 15) is 130 Å². The lowest BCUT2D eigenvalue weighted by Crippen LogP contribution is -2.39. The van der Waals surface area contributed by atoms with E-state index in [1.165, 1.54) is 49.7 Å². The summed E-state index contributed by atoms with van der Waals surface area (Å²) in [7, 11) is -2.70. The van der Waals surface area contributed by atoms with Gasteiger partial charge in [-0.2, -0.15) is 27.3 Å². The van der Waals surface area contributed by atoms with Crippen LogP contribution in [0.2, 0.25) is 0 Å². The van der Waals surface area contributed by atoms with E-state index in [1.54, 1.807) is 116 Å². The first kappa shape index (κ1) is 136. The molecule has 8 saturated heterocycles. The number of nitrogens with zero attached hydrogens (tertiary/aromatic N) is 8. The normalized spacial score (nSPS) is 17.5. The van der Waals surface area contributed by atoms with Crippen LogP contribution in [-0.2, 0) is 121 Å². The van der Waals surface area contributed by atoms with Gasteiger partial charge in [0.2, 0.25) is 64.5 Å². The van der Waals surface area contributed by atoms with Crippen molar-refractivity contribution in [1.29, 1.82) is 5.41 Å². The second-order valence-corrected chi connectivity index (χ2v) is 39.3. The summed E-state index contributed by atoms with van der Waals surface area (Å²) in [6, 6.07) is 0.143. The minimum absolute atomic E-state index is 0.0173. The van der Waals surface area contributed by atoms with Crippen molar-refractivity contribution >= 4 is 122 Å². The third-order valence-electron chi connectivity index (χ3n) is 20.6. The number of likely N-dealkylation sites (tertiary alicyclic amines) is 4. The van der Waals surface area contributed by atoms with Crippen molar-refractivity contribution in [2.75, 3.05) is 7.11 Å². The fourth-order valence-corrected chi connectivity index (χ4v) is 12.5. The van der Waals surface area contributed by atoms with Crippen molar-refractivity contribution in [3.63, 3.8) is 0 Å². The molecule has 0 spiro atoms. The number of ether oxygens (including phenoxy) is 3. The minimum atomic E-state index is -4.21. The summed E-state index contributed by atoms with van der Waals surface area (Å²) in [5, 5.41) is 9.57. The molecule has 46 heteroatoms. The lowest BCUT2D eigenvalue weighted by atomic mass is 10.1. The Bertz CT molecular complexity index is 5070. The zero-order chi connectivity index (χ0) is 115. The van der Waals surface area contributed by atoms with Crippen molar-refractivity contribution in [2.24, 2.45) is 65.1 Å². The molecule has 0 bridgehead atoms. The van der Waals surface area contributed by atoms with Gasteiger partial charge in [-0.05, 0) is 102 Å². The zero-order valence-corrected chi connectivity index (χ0v) is 90.1. The standard InChI is InChI=1S/2C11H10F4O2.C9H13NO4.2C9H13NO3.C9H13NO2.C8H13NO4S.C8H13NO3.C8H13NO2.C8H13NO.C5H11NO.C5H10O/c2*1-4(2)11(16)17-10-7(13)5(3)6(12)8(14)9(10)15;1-5(2)9(13)14-10-7(11)4-6(3)8(10)12;1-6(2)9(12)13-10-7(3)4-5-8(10)11;1-5(2)8(12)10-7(11)4-6(3)9(10)13;1-6(2)9(12)10-7(3)4-5-8(10)11;1-5(2)9-6(3)7(4-8(9)10)14(11,12)13;1-5(2)12-9-7(10)4-6(3)8(9)11;1-6(2)11-9-7(3)4-5-8(9)10;1-6(2)9-7(3)4-5-8(9)10;1-4(2)5(6)7-3;1-4(2)5(3)6/h2*4H,1-3H3;5-6H,4H2,1-3H3;6H,3-5H2,1-2H3;5-6H,4H2,1-3H3;6H,3-5H2,1-2H3;5,7H,3-4H2,1-2H3,(H,11,12,13);5-6H,4H2,1-3H3;6H,3-5H2,1-2H3;6H,3-5H2,1-2H3;4,6H,1-3H3;4H,1-3H3. The van der Waals surface area contributed by atoms with Gasteiger partial charge in [-0.15, -0.1) is 10.1 Å². The summed E-state index contributed by atoms with van der Waals surface area (Å²) in [4.78, 5) is 226. The molecule has 0 aliphatic carbocycles. The van der Waals surface area contributed by atoms with Crippen molar-refractivity contribution in [1.82, 2.24) is 39.9 Å². The Morgan fingerprint density at radius 2 is 0.678 bits per heavy atom. The van der Waals surface area contributed by atoms with Gasteiger partial charge in [0.15, 0.2) is 40.8 Å². The van der Waals surface area contributed by atoms with Gasteiger partial charge in [0.1, 0.15) is 11.0 Å². The molecule has 4 unspecified atom stereocenters. The van der Waals surface area contributed by atoms with Crippen LogP contribution in [0, 0.1) is 131 Å². The Morgan fingerprint density at radius 3 is 0.925 bits per heavy atom. The van der Waals surface area contributed by atoms with Crippen molar-refractivity contribution < 1.29 is 168 Å². The van der Waals surface area contributed by atoms with Crippen LogP contribution < -0.4 is 9.47 Å². The highest BCUT2D eigenvalue weighted by Gasteiger charge is 2.45. The maximum Gasteiger partial charge on any atom is 0.335 e. The lowest BCUT2D eigenvalue weighted by molar-refractivity contribution is -0.200. The Labute approximate surface area is 848 Å². The van der Waals surface area contributed by atoms with E-state index >= 15 is 0 Å². The largest absolute Gasteiger partial charge is 0.484 e. The average Bonchev–Trinajstić information content (AvgIpc) is 1.68. The SMILES string of the molecule is C=C1C(S(=O)(=O)O)CC(=O)N1C(C)C.C=C1CCC(=O)N1C(=O)C(C)C.C=C1CCC(=O)N1C(C)C.C=C1CCC(=O)N1OC(=O)C(C)C.C=C1CCC(=O)N1OC(C)C.CC(=O)C(C)C.CC(C)C(=O)N1C(=O)CC(C)C1=O.CC(C)C(=O)ON1C(=O)CC(C)C1=O.CC(C)ON1C(=O)CC(C)C1=O.COC(=N)C(C)C.Cc1c(F)c(F)c(F)c(OC(=O)C(C)C)c1F.Cc1c(F)c(F)c(F)c(OC(=O)C(C)C)c1F. The summed E-state index contributed by atoms with van der Waals surface area (Å²) in [6.07, 6.45) is 4.99.